The van der Waals surface area contributed by atoms with Crippen molar-refractivity contribution in [3.8, 4) is 5.75 Å². The fourth-order valence-corrected chi connectivity index (χ4v) is 2.41. The minimum Gasteiger partial charge on any atom is -0.485 e. The summed E-state index contributed by atoms with van der Waals surface area (Å²) in [6, 6.07) is 13.5. The predicted molar refractivity (Wildman–Crippen MR) is 79.9 cm³/mol. The molecule has 0 aliphatic rings. The molecule has 0 saturated heterocycles. The van der Waals surface area contributed by atoms with E-state index < -0.39 is 0 Å². The van der Waals surface area contributed by atoms with Crippen molar-refractivity contribution in [2.75, 3.05) is 0 Å². The molecule has 102 valence electrons. The molecule has 1 aromatic heterocycles. The molecule has 0 aliphatic carbocycles. The van der Waals surface area contributed by atoms with Crippen LogP contribution in [0.25, 0.3) is 10.8 Å². The van der Waals surface area contributed by atoms with E-state index in [0.29, 0.717) is 18.2 Å². The van der Waals surface area contributed by atoms with Crippen molar-refractivity contribution in [2.45, 2.75) is 13.2 Å². The lowest BCUT2D eigenvalue weighted by atomic mass is 10.1. The summed E-state index contributed by atoms with van der Waals surface area (Å²) in [4.78, 5) is 0. The van der Waals surface area contributed by atoms with Gasteiger partial charge in [-0.2, -0.15) is 0 Å². The lowest BCUT2D eigenvalue weighted by molar-refractivity contribution is 0.271. The van der Waals surface area contributed by atoms with Crippen molar-refractivity contribution in [3.05, 3.63) is 65.1 Å². The highest BCUT2D eigenvalue weighted by atomic mass is 35.5. The molecule has 0 radical (unpaired) electrons. The van der Waals surface area contributed by atoms with Crippen LogP contribution in [0.3, 0.4) is 0 Å². The molecule has 0 fully saturated rings. The van der Waals surface area contributed by atoms with Crippen molar-refractivity contribution < 1.29 is 9.15 Å². The molecule has 3 nitrogen and oxygen atoms in total. The first kappa shape index (κ1) is 13.0. The van der Waals surface area contributed by atoms with Gasteiger partial charge in [-0.25, -0.2) is 0 Å². The van der Waals surface area contributed by atoms with Crippen LogP contribution >= 0.6 is 11.6 Å². The van der Waals surface area contributed by atoms with Crippen molar-refractivity contribution in [2.24, 2.45) is 5.73 Å². The van der Waals surface area contributed by atoms with Gasteiger partial charge in [0.05, 0.1) is 6.26 Å². The van der Waals surface area contributed by atoms with Gasteiger partial charge in [0.2, 0.25) is 0 Å². The second kappa shape index (κ2) is 5.57. The van der Waals surface area contributed by atoms with Crippen LogP contribution in [0.2, 0.25) is 5.02 Å². The summed E-state index contributed by atoms with van der Waals surface area (Å²) < 4.78 is 11.2. The average molecular weight is 288 g/mol. The Morgan fingerprint density at radius 3 is 2.65 bits per heavy atom. The third-order valence-corrected chi connectivity index (χ3v) is 3.58. The highest BCUT2D eigenvalue weighted by Gasteiger charge is 2.09. The summed E-state index contributed by atoms with van der Waals surface area (Å²) in [5.41, 5.74) is 6.60. The minimum atomic E-state index is 0.352. The van der Waals surface area contributed by atoms with Gasteiger partial charge in [-0.15, -0.1) is 0 Å². The Labute approximate surface area is 121 Å². The van der Waals surface area contributed by atoms with Gasteiger partial charge in [-0.1, -0.05) is 35.9 Å². The van der Waals surface area contributed by atoms with Gasteiger partial charge in [0, 0.05) is 27.9 Å². The highest BCUT2D eigenvalue weighted by Crippen LogP contribution is 2.31. The van der Waals surface area contributed by atoms with Gasteiger partial charge >= 0.3 is 0 Å². The molecule has 3 rings (SSSR count). The van der Waals surface area contributed by atoms with Crippen LogP contribution in [0.1, 0.15) is 11.3 Å². The van der Waals surface area contributed by atoms with Gasteiger partial charge in [0.1, 0.15) is 18.1 Å². The largest absolute Gasteiger partial charge is 0.485 e. The molecule has 3 aromatic rings. The first-order valence-electron chi connectivity index (χ1n) is 6.35. The fourth-order valence-electron chi connectivity index (χ4n) is 2.18. The van der Waals surface area contributed by atoms with Crippen LogP contribution in [0, 0.1) is 0 Å². The van der Waals surface area contributed by atoms with Crippen LogP contribution in [-0.4, -0.2) is 0 Å². The lowest BCUT2D eigenvalue weighted by Gasteiger charge is -2.10. The first-order valence-corrected chi connectivity index (χ1v) is 6.72. The Hall–Kier alpha value is -1.97. The Kier molecular flexibility index (Phi) is 3.63. The van der Waals surface area contributed by atoms with E-state index in [1.165, 1.54) is 0 Å². The van der Waals surface area contributed by atoms with Crippen molar-refractivity contribution >= 4 is 22.4 Å². The average Bonchev–Trinajstić information content (AvgIpc) is 2.94. The van der Waals surface area contributed by atoms with E-state index in [1.54, 1.807) is 6.26 Å². The number of halogens is 1. The van der Waals surface area contributed by atoms with Crippen LogP contribution in [0.5, 0.6) is 5.75 Å². The van der Waals surface area contributed by atoms with Gasteiger partial charge in [-0.05, 0) is 18.2 Å². The lowest BCUT2D eigenvalue weighted by Crippen LogP contribution is -2.02. The second-order valence-electron chi connectivity index (χ2n) is 4.45. The van der Waals surface area contributed by atoms with Gasteiger partial charge < -0.3 is 14.9 Å². The van der Waals surface area contributed by atoms with Crippen molar-refractivity contribution in [1.82, 2.24) is 0 Å². The monoisotopic (exact) mass is 287 g/mol. The van der Waals surface area contributed by atoms with Gasteiger partial charge in [0.15, 0.2) is 0 Å². The van der Waals surface area contributed by atoms with E-state index in [2.05, 4.69) is 0 Å². The number of furan rings is 1. The summed E-state index contributed by atoms with van der Waals surface area (Å²) in [6.45, 7) is 0.793. The number of hydrogen-bond acceptors (Lipinski definition) is 3. The van der Waals surface area contributed by atoms with Crippen molar-refractivity contribution in [3.63, 3.8) is 0 Å². The number of benzene rings is 2. The zero-order chi connectivity index (χ0) is 13.9. The quantitative estimate of drug-likeness (QED) is 0.785. The van der Waals surface area contributed by atoms with E-state index in [-0.39, 0.29) is 0 Å². The van der Waals surface area contributed by atoms with Crippen LogP contribution in [0.4, 0.5) is 0 Å². The summed E-state index contributed by atoms with van der Waals surface area (Å²) >= 11 is 6.19. The van der Waals surface area contributed by atoms with Gasteiger partial charge in [-0.3, -0.25) is 0 Å². The van der Waals surface area contributed by atoms with Crippen LogP contribution in [-0.2, 0) is 13.2 Å². The van der Waals surface area contributed by atoms with Gasteiger partial charge in [0.25, 0.3) is 0 Å². The molecule has 0 amide bonds. The second-order valence-corrected chi connectivity index (χ2v) is 4.86. The zero-order valence-corrected chi connectivity index (χ0v) is 11.6. The molecule has 0 atom stereocenters. The summed E-state index contributed by atoms with van der Waals surface area (Å²) in [6.07, 6.45) is 1.63. The normalized spacial score (nSPS) is 10.9. The third-order valence-electron chi connectivity index (χ3n) is 3.25. The molecular weight excluding hydrogens is 274 g/mol. The minimum absolute atomic E-state index is 0.352. The Morgan fingerprint density at radius 1 is 1.05 bits per heavy atom. The van der Waals surface area contributed by atoms with E-state index in [0.717, 1.165) is 27.8 Å². The Balaban J connectivity index is 1.90. The summed E-state index contributed by atoms with van der Waals surface area (Å²) in [7, 11) is 0. The van der Waals surface area contributed by atoms with E-state index >= 15 is 0 Å². The Bertz CT molecular complexity index is 736. The predicted octanol–water partition coefficient (Wildman–Crippen LogP) is 4.12. The molecule has 0 unspecified atom stereocenters. The molecule has 4 heteroatoms. The van der Waals surface area contributed by atoms with E-state index in [1.807, 2.05) is 42.5 Å². The molecule has 2 N–H and O–H groups in total. The fraction of sp³-hybridized carbons (Fsp3) is 0.125. The van der Waals surface area contributed by atoms with E-state index in [4.69, 9.17) is 26.5 Å². The zero-order valence-electron chi connectivity index (χ0n) is 10.8. The molecule has 1 heterocycles. The smallest absolute Gasteiger partial charge is 0.146 e. The number of fused-ring (bicyclic) bond motifs is 1. The SMILES string of the molecule is NCc1ccoc1COc1ccc(Cl)c2ccccc12. The molecule has 0 aliphatic heterocycles. The Morgan fingerprint density at radius 2 is 1.85 bits per heavy atom. The highest BCUT2D eigenvalue weighted by molar-refractivity contribution is 6.35. The number of hydrogen-bond donors (Lipinski definition) is 1. The topological polar surface area (TPSA) is 48.4 Å². The van der Waals surface area contributed by atoms with Crippen molar-refractivity contribution in [1.29, 1.82) is 0 Å². The summed E-state index contributed by atoms with van der Waals surface area (Å²) in [5, 5.41) is 2.68. The number of nitrogens with two attached hydrogens (primary N) is 1. The maximum absolute atomic E-state index is 6.19. The maximum atomic E-state index is 6.19. The number of rotatable bonds is 4. The standard InChI is InChI=1S/C16H14ClNO2/c17-14-5-6-15(13-4-2-1-3-12(13)14)20-10-16-11(9-18)7-8-19-16/h1-8H,9-10,18H2. The first-order chi connectivity index (χ1) is 9.79. The molecule has 0 bridgehead atoms. The summed E-state index contributed by atoms with van der Waals surface area (Å²) in [5.74, 6) is 1.54. The van der Waals surface area contributed by atoms with E-state index in [9.17, 15) is 0 Å². The maximum Gasteiger partial charge on any atom is 0.146 e. The molecule has 0 spiro atoms. The van der Waals surface area contributed by atoms with Crippen LogP contribution < -0.4 is 10.5 Å². The molecule has 20 heavy (non-hydrogen) atoms. The van der Waals surface area contributed by atoms with Crippen LogP contribution in [0.15, 0.2) is 53.1 Å². The third kappa shape index (κ3) is 2.38. The molecule has 0 saturated carbocycles. The number of ether oxygens (including phenoxy) is 1. The molecule has 2 aromatic carbocycles. The molecular formula is C16H14ClNO2.